The summed E-state index contributed by atoms with van der Waals surface area (Å²) in [6, 6.07) is 0. The van der Waals surface area contributed by atoms with E-state index in [1.165, 1.54) is 17.8 Å². The third kappa shape index (κ3) is 2.28. The fraction of sp³-hybridized carbons (Fsp3) is 0.429. The highest BCUT2D eigenvalue weighted by Gasteiger charge is 2.14. The van der Waals surface area contributed by atoms with Gasteiger partial charge in [-0.25, -0.2) is 0 Å². The van der Waals surface area contributed by atoms with E-state index in [0.717, 1.165) is 6.20 Å². The van der Waals surface area contributed by atoms with Gasteiger partial charge in [0.25, 0.3) is 0 Å². The van der Waals surface area contributed by atoms with Crippen molar-refractivity contribution in [2.45, 2.75) is 13.5 Å². The van der Waals surface area contributed by atoms with Gasteiger partial charge in [-0.15, -0.1) is 0 Å². The number of aliphatic carboxylic acids is 1. The van der Waals surface area contributed by atoms with E-state index in [9.17, 15) is 14.9 Å². The van der Waals surface area contributed by atoms with Gasteiger partial charge in [0.2, 0.25) is 0 Å². The van der Waals surface area contributed by atoms with Crippen molar-refractivity contribution < 1.29 is 14.8 Å². The third-order valence-corrected chi connectivity index (χ3v) is 1.71. The van der Waals surface area contributed by atoms with Crippen LogP contribution in [0.15, 0.2) is 12.4 Å². The van der Waals surface area contributed by atoms with E-state index >= 15 is 0 Å². The highest BCUT2D eigenvalue weighted by molar-refractivity contribution is 5.69. The zero-order valence-corrected chi connectivity index (χ0v) is 7.45. The standard InChI is InChI=1S/C7H9N3O4/c1-5(7(11)12)3-9-4-6(2-8-9)10(13)14/h2,4-5H,3H2,1H3,(H,11,12)/t5-/m1/s1. The first kappa shape index (κ1) is 10.2. The number of nitrogens with zero attached hydrogens (tertiary/aromatic N) is 3. The van der Waals surface area contributed by atoms with E-state index < -0.39 is 16.8 Å². The molecular weight excluding hydrogens is 190 g/mol. The number of carboxylic acid groups (broad SMARTS) is 1. The molecule has 0 bridgehead atoms. The molecule has 0 aromatic carbocycles. The van der Waals surface area contributed by atoms with Crippen LogP contribution in [0.25, 0.3) is 0 Å². The molecule has 0 aliphatic heterocycles. The average Bonchev–Trinajstić information content (AvgIpc) is 2.52. The van der Waals surface area contributed by atoms with Gasteiger partial charge in [0.15, 0.2) is 0 Å². The van der Waals surface area contributed by atoms with Gasteiger partial charge in [-0.3, -0.25) is 19.6 Å². The number of hydrogen-bond acceptors (Lipinski definition) is 4. The van der Waals surface area contributed by atoms with Gasteiger partial charge in [-0.05, 0) is 0 Å². The van der Waals surface area contributed by atoms with Crippen LogP contribution in [0.4, 0.5) is 5.69 Å². The van der Waals surface area contributed by atoms with E-state index in [1.807, 2.05) is 0 Å². The highest BCUT2D eigenvalue weighted by Crippen LogP contribution is 2.09. The van der Waals surface area contributed by atoms with Gasteiger partial charge >= 0.3 is 11.7 Å². The molecule has 14 heavy (non-hydrogen) atoms. The third-order valence-electron chi connectivity index (χ3n) is 1.71. The smallest absolute Gasteiger partial charge is 0.308 e. The quantitative estimate of drug-likeness (QED) is 0.562. The minimum atomic E-state index is -0.955. The minimum absolute atomic E-state index is 0.128. The number of carbonyl (C=O) groups is 1. The van der Waals surface area contributed by atoms with Crippen LogP contribution in [-0.2, 0) is 11.3 Å². The SMILES string of the molecule is C[C@H](Cn1cc([N+](=O)[O-])cn1)C(=O)O. The molecule has 0 aliphatic carbocycles. The van der Waals surface area contributed by atoms with Crippen molar-refractivity contribution in [3.05, 3.63) is 22.5 Å². The Kier molecular flexibility index (Phi) is 2.80. The van der Waals surface area contributed by atoms with E-state index in [2.05, 4.69) is 5.10 Å². The first-order valence-electron chi connectivity index (χ1n) is 3.90. The monoisotopic (exact) mass is 199 g/mol. The van der Waals surface area contributed by atoms with Crippen LogP contribution >= 0.6 is 0 Å². The van der Waals surface area contributed by atoms with Crippen molar-refractivity contribution in [1.82, 2.24) is 9.78 Å². The number of aromatic nitrogens is 2. The normalized spacial score (nSPS) is 12.4. The molecule has 1 heterocycles. The Labute approximate surface area is 79.1 Å². The molecule has 0 amide bonds. The molecule has 1 rings (SSSR count). The Morgan fingerprint density at radius 3 is 2.93 bits per heavy atom. The van der Waals surface area contributed by atoms with E-state index in [-0.39, 0.29) is 12.2 Å². The zero-order chi connectivity index (χ0) is 10.7. The molecule has 7 heteroatoms. The molecule has 1 atom stereocenters. The summed E-state index contributed by atoms with van der Waals surface area (Å²) in [6.45, 7) is 1.64. The molecule has 0 aliphatic rings. The van der Waals surface area contributed by atoms with Gasteiger partial charge in [0, 0.05) is 0 Å². The van der Waals surface area contributed by atoms with Crippen LogP contribution in [0.3, 0.4) is 0 Å². The lowest BCUT2D eigenvalue weighted by Gasteiger charge is -2.04. The first-order valence-corrected chi connectivity index (χ1v) is 3.90. The molecule has 1 aromatic rings. The fourth-order valence-electron chi connectivity index (χ4n) is 0.905. The predicted octanol–water partition coefficient (Wildman–Crippen LogP) is 0.512. The largest absolute Gasteiger partial charge is 0.481 e. The zero-order valence-electron chi connectivity index (χ0n) is 7.45. The van der Waals surface area contributed by atoms with Crippen LogP contribution in [0, 0.1) is 16.0 Å². The lowest BCUT2D eigenvalue weighted by molar-refractivity contribution is -0.385. The summed E-state index contributed by atoms with van der Waals surface area (Å²) in [6.07, 6.45) is 2.30. The summed E-state index contributed by atoms with van der Waals surface area (Å²) in [5, 5.41) is 22.5. The van der Waals surface area contributed by atoms with Crippen molar-refractivity contribution >= 4 is 11.7 Å². The molecule has 76 valence electrons. The number of nitro groups is 1. The highest BCUT2D eigenvalue weighted by atomic mass is 16.6. The molecule has 1 aromatic heterocycles. The van der Waals surface area contributed by atoms with Crippen LogP contribution in [-0.4, -0.2) is 25.8 Å². The molecule has 0 fully saturated rings. The van der Waals surface area contributed by atoms with E-state index in [4.69, 9.17) is 5.11 Å². The molecule has 1 N–H and O–H groups in total. The van der Waals surface area contributed by atoms with Gasteiger partial charge in [0.05, 0.1) is 17.4 Å². The Morgan fingerprint density at radius 1 is 1.86 bits per heavy atom. The maximum Gasteiger partial charge on any atom is 0.308 e. The second-order valence-electron chi connectivity index (χ2n) is 2.92. The molecule has 0 saturated heterocycles. The second-order valence-corrected chi connectivity index (χ2v) is 2.92. The number of hydrogen-bond donors (Lipinski definition) is 1. The molecule has 7 nitrogen and oxygen atoms in total. The predicted molar refractivity (Wildman–Crippen MR) is 45.7 cm³/mol. The molecule has 0 spiro atoms. The summed E-state index contributed by atoms with van der Waals surface area (Å²) >= 11 is 0. The molecule has 0 unspecified atom stereocenters. The number of rotatable bonds is 4. The summed E-state index contributed by atoms with van der Waals surface area (Å²) in [4.78, 5) is 20.2. The van der Waals surface area contributed by atoms with Gasteiger partial charge in [-0.2, -0.15) is 5.10 Å². The minimum Gasteiger partial charge on any atom is -0.481 e. The molecule has 0 saturated carbocycles. The first-order chi connectivity index (χ1) is 6.50. The number of carboxylic acids is 1. The molecule has 0 radical (unpaired) electrons. The summed E-state index contributed by atoms with van der Waals surface area (Å²) in [5.74, 6) is -1.57. The lowest BCUT2D eigenvalue weighted by Crippen LogP contribution is -2.16. The van der Waals surface area contributed by atoms with Crippen molar-refractivity contribution in [2.75, 3.05) is 0 Å². The van der Waals surface area contributed by atoms with Crippen molar-refractivity contribution in [2.24, 2.45) is 5.92 Å². The summed E-state index contributed by atoms with van der Waals surface area (Å²) in [7, 11) is 0. The summed E-state index contributed by atoms with van der Waals surface area (Å²) < 4.78 is 1.25. The Hall–Kier alpha value is -1.92. The van der Waals surface area contributed by atoms with Gasteiger partial charge in [-0.1, -0.05) is 6.92 Å². The Bertz CT molecular complexity index is 360. The fourth-order valence-corrected chi connectivity index (χ4v) is 0.905. The topological polar surface area (TPSA) is 98.3 Å². The summed E-state index contributed by atoms with van der Waals surface area (Å²) in [5.41, 5.74) is -0.136. The Morgan fingerprint density at radius 2 is 2.50 bits per heavy atom. The van der Waals surface area contributed by atoms with Crippen molar-refractivity contribution in [3.8, 4) is 0 Å². The lowest BCUT2D eigenvalue weighted by atomic mass is 10.2. The van der Waals surface area contributed by atoms with Crippen LogP contribution < -0.4 is 0 Å². The van der Waals surface area contributed by atoms with Gasteiger partial charge in [0.1, 0.15) is 12.4 Å². The maximum atomic E-state index is 10.5. The van der Waals surface area contributed by atoms with Gasteiger partial charge < -0.3 is 5.11 Å². The Balaban J connectivity index is 2.69. The maximum absolute atomic E-state index is 10.5. The van der Waals surface area contributed by atoms with Crippen LogP contribution in [0.1, 0.15) is 6.92 Å². The van der Waals surface area contributed by atoms with Crippen molar-refractivity contribution in [1.29, 1.82) is 0 Å². The van der Waals surface area contributed by atoms with Crippen LogP contribution in [0.5, 0.6) is 0 Å². The van der Waals surface area contributed by atoms with Crippen molar-refractivity contribution in [3.63, 3.8) is 0 Å². The average molecular weight is 199 g/mol. The molecular formula is C7H9N3O4. The van der Waals surface area contributed by atoms with E-state index in [1.54, 1.807) is 0 Å². The second kappa shape index (κ2) is 3.86. The van der Waals surface area contributed by atoms with Crippen LogP contribution in [0.2, 0.25) is 0 Å². The van der Waals surface area contributed by atoms with E-state index in [0.29, 0.717) is 0 Å².